The lowest BCUT2D eigenvalue weighted by atomic mass is 10.2. The van der Waals surface area contributed by atoms with E-state index in [1.807, 2.05) is 20.8 Å². The number of hydrogen-bond acceptors (Lipinski definition) is 2. The van der Waals surface area contributed by atoms with Gasteiger partial charge in [0.25, 0.3) is 0 Å². The van der Waals surface area contributed by atoms with Crippen molar-refractivity contribution >= 4 is 22.2 Å². The average molecular weight is 257 g/mol. The summed E-state index contributed by atoms with van der Waals surface area (Å²) in [6.07, 6.45) is 0.811. The van der Waals surface area contributed by atoms with Crippen molar-refractivity contribution in [2.75, 3.05) is 0 Å². The molecule has 0 saturated heterocycles. The molecular weight excluding hydrogens is 244 g/mol. The molecule has 0 heterocycles. The maximum Gasteiger partial charge on any atom is 0.150 e. The molecule has 1 aromatic rings. The highest BCUT2D eigenvalue weighted by molar-refractivity contribution is 9.10. The SMILES string of the molecule is CC(C)(C)Oc1ccc(C=O)cc1Br. The number of hydrogen-bond donors (Lipinski definition) is 0. The Bertz CT molecular complexity index is 340. The van der Waals surface area contributed by atoms with Crippen LogP contribution in [0.1, 0.15) is 31.1 Å². The van der Waals surface area contributed by atoms with E-state index in [9.17, 15) is 4.79 Å². The predicted molar refractivity (Wildman–Crippen MR) is 59.9 cm³/mol. The monoisotopic (exact) mass is 256 g/mol. The third-order valence-electron chi connectivity index (χ3n) is 1.51. The lowest BCUT2D eigenvalue weighted by molar-refractivity contribution is 0.112. The van der Waals surface area contributed by atoms with Crippen LogP contribution in [0, 0.1) is 0 Å². The summed E-state index contributed by atoms with van der Waals surface area (Å²) in [6.45, 7) is 5.94. The number of carbonyl (C=O) groups excluding carboxylic acids is 1. The lowest BCUT2D eigenvalue weighted by Gasteiger charge is -2.22. The summed E-state index contributed by atoms with van der Waals surface area (Å²) in [4.78, 5) is 10.5. The molecule has 0 radical (unpaired) electrons. The summed E-state index contributed by atoms with van der Waals surface area (Å²) in [7, 11) is 0. The lowest BCUT2D eigenvalue weighted by Crippen LogP contribution is -2.23. The fraction of sp³-hybridized carbons (Fsp3) is 0.364. The van der Waals surface area contributed by atoms with Crippen LogP contribution in [-0.4, -0.2) is 11.9 Å². The van der Waals surface area contributed by atoms with Gasteiger partial charge in [0.05, 0.1) is 4.47 Å². The summed E-state index contributed by atoms with van der Waals surface area (Å²) in [6, 6.07) is 5.27. The van der Waals surface area contributed by atoms with E-state index in [0.29, 0.717) is 5.56 Å². The van der Waals surface area contributed by atoms with Gasteiger partial charge in [0.2, 0.25) is 0 Å². The van der Waals surface area contributed by atoms with Crippen molar-refractivity contribution in [1.82, 2.24) is 0 Å². The molecule has 1 rings (SSSR count). The summed E-state index contributed by atoms with van der Waals surface area (Å²) in [5.74, 6) is 0.753. The second-order valence-electron chi connectivity index (χ2n) is 4.02. The maximum absolute atomic E-state index is 10.5. The van der Waals surface area contributed by atoms with E-state index in [0.717, 1.165) is 16.5 Å². The van der Waals surface area contributed by atoms with Crippen LogP contribution in [0.15, 0.2) is 22.7 Å². The molecule has 0 aliphatic carbocycles. The van der Waals surface area contributed by atoms with E-state index in [1.165, 1.54) is 0 Å². The van der Waals surface area contributed by atoms with Crippen LogP contribution in [0.5, 0.6) is 5.75 Å². The minimum absolute atomic E-state index is 0.231. The Hall–Kier alpha value is -0.830. The molecular formula is C11H13BrO2. The molecule has 0 spiro atoms. The van der Waals surface area contributed by atoms with E-state index in [1.54, 1.807) is 18.2 Å². The molecule has 0 saturated carbocycles. The van der Waals surface area contributed by atoms with Crippen molar-refractivity contribution in [3.8, 4) is 5.75 Å². The molecule has 0 amide bonds. The Morgan fingerprint density at radius 3 is 2.43 bits per heavy atom. The van der Waals surface area contributed by atoms with Gasteiger partial charge in [0, 0.05) is 5.56 Å². The van der Waals surface area contributed by atoms with Crippen molar-refractivity contribution < 1.29 is 9.53 Å². The Morgan fingerprint density at radius 2 is 2.00 bits per heavy atom. The van der Waals surface area contributed by atoms with Crippen LogP contribution in [0.4, 0.5) is 0 Å². The Morgan fingerprint density at radius 1 is 1.36 bits per heavy atom. The van der Waals surface area contributed by atoms with Crippen LogP contribution in [0.25, 0.3) is 0 Å². The molecule has 2 nitrogen and oxygen atoms in total. The van der Waals surface area contributed by atoms with Gasteiger partial charge >= 0.3 is 0 Å². The van der Waals surface area contributed by atoms with Gasteiger partial charge in [0.1, 0.15) is 17.6 Å². The average Bonchev–Trinajstić information content (AvgIpc) is 2.06. The third-order valence-corrected chi connectivity index (χ3v) is 2.13. The van der Waals surface area contributed by atoms with Crippen LogP contribution < -0.4 is 4.74 Å². The number of rotatable bonds is 2. The quantitative estimate of drug-likeness (QED) is 0.758. The van der Waals surface area contributed by atoms with E-state index in [2.05, 4.69) is 15.9 Å². The first-order valence-electron chi connectivity index (χ1n) is 4.36. The fourth-order valence-electron chi connectivity index (χ4n) is 1.00. The van der Waals surface area contributed by atoms with Gasteiger partial charge in [-0.15, -0.1) is 0 Å². The number of halogens is 1. The van der Waals surface area contributed by atoms with Gasteiger partial charge in [0.15, 0.2) is 0 Å². The van der Waals surface area contributed by atoms with Crippen LogP contribution in [0.3, 0.4) is 0 Å². The van der Waals surface area contributed by atoms with Crippen molar-refractivity contribution in [2.24, 2.45) is 0 Å². The number of benzene rings is 1. The van der Waals surface area contributed by atoms with Crippen LogP contribution in [0.2, 0.25) is 0 Å². The van der Waals surface area contributed by atoms with Crippen LogP contribution in [-0.2, 0) is 0 Å². The second kappa shape index (κ2) is 4.13. The summed E-state index contributed by atoms with van der Waals surface area (Å²) in [5, 5.41) is 0. The van der Waals surface area contributed by atoms with Crippen molar-refractivity contribution in [3.05, 3.63) is 28.2 Å². The predicted octanol–water partition coefficient (Wildman–Crippen LogP) is 3.44. The molecule has 76 valence electrons. The number of aldehydes is 1. The van der Waals surface area contributed by atoms with Gasteiger partial charge in [-0.3, -0.25) is 4.79 Å². The van der Waals surface area contributed by atoms with Crippen molar-refractivity contribution in [2.45, 2.75) is 26.4 Å². The highest BCUT2D eigenvalue weighted by Crippen LogP contribution is 2.28. The van der Waals surface area contributed by atoms with Gasteiger partial charge in [-0.2, -0.15) is 0 Å². The molecule has 3 heteroatoms. The zero-order chi connectivity index (χ0) is 10.8. The highest BCUT2D eigenvalue weighted by atomic mass is 79.9. The Kier molecular flexibility index (Phi) is 3.32. The third kappa shape index (κ3) is 3.14. The Labute approximate surface area is 92.4 Å². The zero-order valence-electron chi connectivity index (χ0n) is 8.50. The highest BCUT2D eigenvalue weighted by Gasteiger charge is 2.13. The van der Waals surface area contributed by atoms with Crippen molar-refractivity contribution in [1.29, 1.82) is 0 Å². The molecule has 0 unspecified atom stereocenters. The zero-order valence-corrected chi connectivity index (χ0v) is 10.1. The molecule has 0 N–H and O–H groups in total. The normalized spacial score (nSPS) is 11.1. The van der Waals surface area contributed by atoms with Gasteiger partial charge < -0.3 is 4.74 Å². The van der Waals surface area contributed by atoms with Gasteiger partial charge in [-0.05, 0) is 54.9 Å². The molecule has 14 heavy (non-hydrogen) atoms. The van der Waals surface area contributed by atoms with Gasteiger partial charge in [-0.1, -0.05) is 0 Å². The standard InChI is InChI=1S/C11H13BrO2/c1-11(2,3)14-10-5-4-8(7-13)6-9(10)12/h4-7H,1-3H3. The van der Waals surface area contributed by atoms with Crippen molar-refractivity contribution in [3.63, 3.8) is 0 Å². The van der Waals surface area contributed by atoms with E-state index in [-0.39, 0.29) is 5.60 Å². The minimum Gasteiger partial charge on any atom is -0.487 e. The Balaban J connectivity index is 2.95. The summed E-state index contributed by atoms with van der Waals surface area (Å²) >= 11 is 3.36. The van der Waals surface area contributed by atoms with E-state index in [4.69, 9.17) is 4.74 Å². The maximum atomic E-state index is 10.5. The molecule has 0 aromatic heterocycles. The smallest absolute Gasteiger partial charge is 0.150 e. The molecule has 1 aromatic carbocycles. The number of carbonyl (C=O) groups is 1. The first-order valence-corrected chi connectivity index (χ1v) is 5.15. The van der Waals surface area contributed by atoms with Crippen LogP contribution >= 0.6 is 15.9 Å². The molecule has 0 aliphatic heterocycles. The topological polar surface area (TPSA) is 26.3 Å². The molecule has 0 atom stereocenters. The number of ether oxygens (including phenoxy) is 1. The van der Waals surface area contributed by atoms with E-state index < -0.39 is 0 Å². The fourth-order valence-corrected chi connectivity index (χ4v) is 1.48. The second-order valence-corrected chi connectivity index (χ2v) is 4.88. The molecule has 0 aliphatic rings. The first kappa shape index (κ1) is 11.2. The first-order chi connectivity index (χ1) is 6.42. The summed E-state index contributed by atoms with van der Waals surface area (Å²) < 4.78 is 6.47. The minimum atomic E-state index is -0.231. The molecule has 0 fully saturated rings. The molecule has 0 bridgehead atoms. The largest absolute Gasteiger partial charge is 0.487 e. The van der Waals surface area contributed by atoms with E-state index >= 15 is 0 Å². The summed E-state index contributed by atoms with van der Waals surface area (Å²) in [5.41, 5.74) is 0.406. The van der Waals surface area contributed by atoms with Gasteiger partial charge in [-0.25, -0.2) is 0 Å².